The molecule has 0 bridgehead atoms. The Bertz CT molecular complexity index is 3200. The van der Waals surface area contributed by atoms with Gasteiger partial charge in [0.25, 0.3) is 0 Å². The second-order valence-corrected chi connectivity index (χ2v) is 13.6. The molecule has 216 valence electrons. The van der Waals surface area contributed by atoms with E-state index in [0.717, 1.165) is 61.1 Å². The molecule has 12 rings (SSSR count). The fourth-order valence-corrected chi connectivity index (χ4v) is 9.39. The number of benzene rings is 7. The number of para-hydroxylation sites is 3. The van der Waals surface area contributed by atoms with Crippen LogP contribution in [0, 0.1) is 0 Å². The Morgan fingerprint density at radius 3 is 2.06 bits per heavy atom. The molecule has 11 aromatic rings. The van der Waals surface area contributed by atoms with Crippen LogP contribution in [-0.4, -0.2) is 14.5 Å². The van der Waals surface area contributed by atoms with E-state index in [-0.39, 0.29) is 0 Å². The van der Waals surface area contributed by atoms with Crippen molar-refractivity contribution in [3.8, 4) is 28.2 Å². The minimum Gasteiger partial charge on any atom is -0.456 e. The molecule has 7 aromatic carbocycles. The number of hydrogen-bond acceptors (Lipinski definition) is 4. The Kier molecular flexibility index (Phi) is 4.33. The van der Waals surface area contributed by atoms with Gasteiger partial charge in [0, 0.05) is 47.3 Å². The Balaban J connectivity index is 1.33. The van der Waals surface area contributed by atoms with Crippen molar-refractivity contribution >= 4 is 97.1 Å². The topological polar surface area (TPSA) is 43.9 Å². The number of furan rings is 1. The largest absolute Gasteiger partial charge is 0.456 e. The molecule has 1 aliphatic rings. The maximum atomic E-state index is 6.35. The van der Waals surface area contributed by atoms with E-state index in [1.54, 1.807) is 0 Å². The molecule has 0 atom stereocenters. The van der Waals surface area contributed by atoms with Gasteiger partial charge in [-0.15, -0.1) is 11.3 Å². The summed E-state index contributed by atoms with van der Waals surface area (Å²) >= 11 is 1.88. The molecule has 0 radical (unpaired) electrons. The Labute approximate surface area is 270 Å². The van der Waals surface area contributed by atoms with Crippen molar-refractivity contribution < 1.29 is 4.42 Å². The normalized spacial score (nSPS) is 12.7. The van der Waals surface area contributed by atoms with E-state index < -0.39 is 0 Å². The van der Waals surface area contributed by atoms with Crippen LogP contribution in [0.3, 0.4) is 0 Å². The van der Waals surface area contributed by atoms with Crippen LogP contribution >= 0.6 is 11.3 Å². The van der Waals surface area contributed by atoms with E-state index in [0.29, 0.717) is 0 Å². The molecule has 0 amide bonds. The average molecular weight is 616 g/mol. The van der Waals surface area contributed by atoms with E-state index in [2.05, 4.69) is 102 Å². The van der Waals surface area contributed by atoms with Gasteiger partial charge in [-0.05, 0) is 70.4 Å². The maximum absolute atomic E-state index is 6.35. The van der Waals surface area contributed by atoms with Gasteiger partial charge in [0.05, 0.1) is 22.1 Å². The summed E-state index contributed by atoms with van der Waals surface area (Å²) < 4.78 is 11.3. The highest BCUT2D eigenvalue weighted by molar-refractivity contribution is 7.26. The molecular weight excluding hydrogens is 595 g/mol. The van der Waals surface area contributed by atoms with Crippen molar-refractivity contribution in [1.29, 1.82) is 0 Å². The summed E-state index contributed by atoms with van der Waals surface area (Å²) in [6.07, 6.45) is 0. The van der Waals surface area contributed by atoms with Crippen LogP contribution in [0.5, 0.6) is 0 Å². The predicted molar refractivity (Wildman–Crippen MR) is 196 cm³/mol. The van der Waals surface area contributed by atoms with E-state index in [4.69, 9.17) is 14.4 Å². The first kappa shape index (κ1) is 24.2. The summed E-state index contributed by atoms with van der Waals surface area (Å²) in [6.45, 7) is 0. The van der Waals surface area contributed by atoms with Gasteiger partial charge >= 0.3 is 0 Å². The van der Waals surface area contributed by atoms with Crippen molar-refractivity contribution in [1.82, 2.24) is 14.5 Å². The molecule has 0 aliphatic heterocycles. The highest BCUT2D eigenvalue weighted by Gasteiger charge is 2.28. The lowest BCUT2D eigenvalue weighted by Crippen LogP contribution is -2.04. The first-order chi connectivity index (χ1) is 23.3. The molecule has 5 heteroatoms. The molecule has 0 N–H and O–H groups in total. The van der Waals surface area contributed by atoms with Crippen LogP contribution in [0.4, 0.5) is 0 Å². The van der Waals surface area contributed by atoms with Crippen LogP contribution in [0.25, 0.3) is 114 Å². The van der Waals surface area contributed by atoms with Crippen LogP contribution in [0.15, 0.2) is 132 Å². The van der Waals surface area contributed by atoms with Crippen LogP contribution in [-0.2, 0) is 0 Å². The van der Waals surface area contributed by atoms with E-state index in [1.807, 2.05) is 41.7 Å². The number of fused-ring (bicyclic) bond motifs is 5. The SMILES string of the molecule is c1cc2c3c(c1)ccc1c3c3c4c(ccc3n1-c1nc3ccccc3nc1-c1cccc3oc5ccccc5c13)sc1cccc-2c14. The van der Waals surface area contributed by atoms with Crippen LogP contribution < -0.4 is 0 Å². The molecule has 47 heavy (non-hydrogen) atoms. The first-order valence-electron chi connectivity index (χ1n) is 15.8. The van der Waals surface area contributed by atoms with E-state index >= 15 is 0 Å². The number of aromatic nitrogens is 3. The van der Waals surface area contributed by atoms with Crippen LogP contribution in [0.2, 0.25) is 0 Å². The highest BCUT2D eigenvalue weighted by atomic mass is 32.1. The van der Waals surface area contributed by atoms with Crippen molar-refractivity contribution in [2.75, 3.05) is 0 Å². The second-order valence-electron chi connectivity index (χ2n) is 12.5. The summed E-state index contributed by atoms with van der Waals surface area (Å²) in [7, 11) is 0. The molecule has 0 unspecified atom stereocenters. The molecule has 0 fully saturated rings. The third-order valence-corrected chi connectivity index (χ3v) is 11.2. The molecule has 0 saturated carbocycles. The fraction of sp³-hybridized carbons (Fsp3) is 0. The molecule has 0 saturated heterocycles. The summed E-state index contributed by atoms with van der Waals surface area (Å²) in [5, 5.41) is 9.93. The third-order valence-electron chi connectivity index (χ3n) is 10.1. The van der Waals surface area contributed by atoms with Gasteiger partial charge in [-0.2, -0.15) is 0 Å². The monoisotopic (exact) mass is 615 g/mol. The standard InChI is InChI=1S/C42H21N3OS/c1-4-15-31-25(9-1)36-26(12-6-16-32(36)46-31)41-42(44-28-14-3-2-13-27(28)43-41)45-29-19-18-22-8-5-10-23-24-11-7-17-33-37(24)40-34(47-33)21-20-30(45)39(40)38(29)35(22)23/h1-21H. The molecule has 4 aromatic heterocycles. The Morgan fingerprint density at radius 2 is 1.15 bits per heavy atom. The van der Waals surface area contributed by atoms with Crippen molar-refractivity contribution in [2.24, 2.45) is 0 Å². The highest BCUT2D eigenvalue weighted by Crippen LogP contribution is 2.52. The zero-order valence-corrected chi connectivity index (χ0v) is 25.6. The number of rotatable bonds is 2. The zero-order valence-electron chi connectivity index (χ0n) is 24.8. The maximum Gasteiger partial charge on any atom is 0.165 e. The second kappa shape index (κ2) is 8.40. The minimum absolute atomic E-state index is 0.818. The average Bonchev–Trinajstić information content (AvgIpc) is 3.77. The molecule has 4 nitrogen and oxygen atoms in total. The molecule has 0 spiro atoms. The molecular formula is C42H21N3OS. The lowest BCUT2D eigenvalue weighted by molar-refractivity contribution is 0.669. The fourth-order valence-electron chi connectivity index (χ4n) is 8.25. The lowest BCUT2D eigenvalue weighted by atomic mass is 9.95. The van der Waals surface area contributed by atoms with Gasteiger partial charge in [0.2, 0.25) is 0 Å². The van der Waals surface area contributed by atoms with Crippen molar-refractivity contribution in [3.05, 3.63) is 127 Å². The van der Waals surface area contributed by atoms with Gasteiger partial charge in [-0.3, -0.25) is 4.57 Å². The molecule has 1 aliphatic carbocycles. The lowest BCUT2D eigenvalue weighted by Gasteiger charge is -2.15. The van der Waals surface area contributed by atoms with Gasteiger partial charge in [-0.25, -0.2) is 9.97 Å². The first-order valence-corrected chi connectivity index (χ1v) is 16.7. The van der Waals surface area contributed by atoms with Crippen LogP contribution in [0.1, 0.15) is 0 Å². The summed E-state index contributed by atoms with van der Waals surface area (Å²) in [5.41, 5.74) is 10.2. The number of hydrogen-bond donors (Lipinski definition) is 0. The number of thiophene rings is 1. The van der Waals surface area contributed by atoms with E-state index in [9.17, 15) is 0 Å². The van der Waals surface area contributed by atoms with Gasteiger partial charge < -0.3 is 4.42 Å². The predicted octanol–water partition coefficient (Wildman–Crippen LogP) is 11.8. The van der Waals surface area contributed by atoms with Gasteiger partial charge in [0.15, 0.2) is 5.82 Å². The van der Waals surface area contributed by atoms with Gasteiger partial charge in [-0.1, -0.05) is 78.9 Å². The van der Waals surface area contributed by atoms with E-state index in [1.165, 1.54) is 52.8 Å². The smallest absolute Gasteiger partial charge is 0.165 e. The Hall–Kier alpha value is -6.04. The van der Waals surface area contributed by atoms with Crippen molar-refractivity contribution in [2.45, 2.75) is 0 Å². The summed E-state index contributed by atoms with van der Waals surface area (Å²) in [5.74, 6) is 0.818. The summed E-state index contributed by atoms with van der Waals surface area (Å²) in [4.78, 5) is 10.9. The van der Waals surface area contributed by atoms with Crippen molar-refractivity contribution in [3.63, 3.8) is 0 Å². The zero-order chi connectivity index (χ0) is 30.4. The minimum atomic E-state index is 0.818. The molecule has 4 heterocycles. The number of nitrogens with zero attached hydrogens (tertiary/aromatic N) is 3. The quantitative estimate of drug-likeness (QED) is 0.194. The Morgan fingerprint density at radius 1 is 0.468 bits per heavy atom. The van der Waals surface area contributed by atoms with Gasteiger partial charge in [0.1, 0.15) is 16.9 Å². The summed E-state index contributed by atoms with van der Waals surface area (Å²) in [6, 6.07) is 45.3. The third kappa shape index (κ3) is 2.94.